The monoisotopic (exact) mass is 159 g/mol. The van der Waals surface area contributed by atoms with Crippen LogP contribution in [0.25, 0.3) is 0 Å². The number of rotatable bonds is 4. The van der Waals surface area contributed by atoms with Crippen LogP contribution in [0, 0.1) is 5.41 Å². The van der Waals surface area contributed by atoms with Crippen molar-refractivity contribution in [2.45, 2.75) is 26.7 Å². The van der Waals surface area contributed by atoms with Gasteiger partial charge in [0.2, 0.25) is 5.91 Å². The molecule has 0 spiro atoms. The molecule has 0 aromatic rings. The second-order valence-electron chi connectivity index (χ2n) is 2.46. The number of aliphatic carboxylic acids is 1. The fourth-order valence-corrected chi connectivity index (χ4v) is 1.01. The first-order valence-corrected chi connectivity index (χ1v) is 3.54. The molecular weight excluding hydrogens is 146 g/mol. The lowest BCUT2D eigenvalue weighted by molar-refractivity contribution is -0.155. The molecule has 3 N–H and O–H groups in total. The Kier molecular flexibility index (Phi) is 3.04. The zero-order valence-corrected chi connectivity index (χ0v) is 6.76. The molecule has 4 nitrogen and oxygen atoms in total. The molecule has 0 unspecified atom stereocenters. The number of carbonyl (C=O) groups is 2. The summed E-state index contributed by atoms with van der Waals surface area (Å²) >= 11 is 0. The van der Waals surface area contributed by atoms with Crippen molar-refractivity contribution in [2.75, 3.05) is 0 Å². The van der Waals surface area contributed by atoms with Crippen LogP contribution in [0.3, 0.4) is 0 Å². The Morgan fingerprint density at radius 3 is 1.73 bits per heavy atom. The quantitative estimate of drug-likeness (QED) is 0.581. The molecule has 0 atom stereocenters. The average molecular weight is 159 g/mol. The van der Waals surface area contributed by atoms with Crippen molar-refractivity contribution in [3.8, 4) is 0 Å². The number of hydrogen-bond donors (Lipinski definition) is 2. The minimum atomic E-state index is -1.36. The van der Waals surface area contributed by atoms with Gasteiger partial charge in [-0.3, -0.25) is 9.59 Å². The molecule has 4 heteroatoms. The molecule has 11 heavy (non-hydrogen) atoms. The fraction of sp³-hybridized carbons (Fsp3) is 0.714. The summed E-state index contributed by atoms with van der Waals surface area (Å²) in [5.74, 6) is -1.88. The van der Waals surface area contributed by atoms with Crippen molar-refractivity contribution in [3.05, 3.63) is 0 Å². The number of carbonyl (C=O) groups excluding carboxylic acids is 1. The number of nitrogens with two attached hydrogens (primary N) is 1. The molecule has 0 aliphatic heterocycles. The molecule has 0 saturated heterocycles. The van der Waals surface area contributed by atoms with Gasteiger partial charge < -0.3 is 10.8 Å². The van der Waals surface area contributed by atoms with Crippen molar-refractivity contribution in [2.24, 2.45) is 11.1 Å². The van der Waals surface area contributed by atoms with Gasteiger partial charge in [0, 0.05) is 0 Å². The highest BCUT2D eigenvalue weighted by molar-refractivity contribution is 6.00. The van der Waals surface area contributed by atoms with E-state index in [1.807, 2.05) is 0 Å². The molecule has 0 rings (SSSR count). The summed E-state index contributed by atoms with van der Waals surface area (Å²) in [6.07, 6.45) is 0.488. The first kappa shape index (κ1) is 9.94. The molecule has 0 aromatic carbocycles. The van der Waals surface area contributed by atoms with Crippen LogP contribution >= 0.6 is 0 Å². The van der Waals surface area contributed by atoms with Crippen LogP contribution in [0.2, 0.25) is 0 Å². The summed E-state index contributed by atoms with van der Waals surface area (Å²) in [6.45, 7) is 3.28. The number of primary amides is 1. The summed E-state index contributed by atoms with van der Waals surface area (Å²) < 4.78 is 0. The van der Waals surface area contributed by atoms with Gasteiger partial charge in [-0.05, 0) is 12.8 Å². The lowest BCUT2D eigenvalue weighted by atomic mass is 9.82. The topological polar surface area (TPSA) is 80.4 Å². The van der Waals surface area contributed by atoms with Crippen molar-refractivity contribution < 1.29 is 14.7 Å². The zero-order chi connectivity index (χ0) is 9.07. The van der Waals surface area contributed by atoms with E-state index in [0.29, 0.717) is 0 Å². The molecule has 0 radical (unpaired) electrons. The second kappa shape index (κ2) is 3.37. The summed E-state index contributed by atoms with van der Waals surface area (Å²) in [5, 5.41) is 8.69. The second-order valence-corrected chi connectivity index (χ2v) is 2.46. The SMILES string of the molecule is CCC(CC)(C(N)=O)C(=O)O. The van der Waals surface area contributed by atoms with Gasteiger partial charge in [-0.1, -0.05) is 13.8 Å². The summed E-state index contributed by atoms with van der Waals surface area (Å²) in [5.41, 5.74) is 3.61. The minimum Gasteiger partial charge on any atom is -0.480 e. The zero-order valence-electron chi connectivity index (χ0n) is 6.76. The van der Waals surface area contributed by atoms with E-state index in [1.54, 1.807) is 13.8 Å². The number of carboxylic acid groups (broad SMARTS) is 1. The summed E-state index contributed by atoms with van der Waals surface area (Å²) in [7, 11) is 0. The first-order chi connectivity index (χ1) is 5.01. The van der Waals surface area contributed by atoms with Gasteiger partial charge in [-0.15, -0.1) is 0 Å². The van der Waals surface area contributed by atoms with E-state index in [1.165, 1.54) is 0 Å². The largest absolute Gasteiger partial charge is 0.480 e. The molecule has 0 fully saturated rings. The minimum absolute atomic E-state index is 0.244. The maximum atomic E-state index is 10.8. The number of hydrogen-bond acceptors (Lipinski definition) is 2. The normalized spacial score (nSPS) is 11.1. The van der Waals surface area contributed by atoms with Crippen LogP contribution < -0.4 is 5.73 Å². The Balaban J connectivity index is 4.76. The van der Waals surface area contributed by atoms with E-state index < -0.39 is 17.3 Å². The van der Waals surface area contributed by atoms with Gasteiger partial charge in [-0.2, -0.15) is 0 Å². The van der Waals surface area contributed by atoms with Crippen molar-refractivity contribution >= 4 is 11.9 Å². The van der Waals surface area contributed by atoms with Crippen molar-refractivity contribution in [1.82, 2.24) is 0 Å². The third-order valence-corrected chi connectivity index (χ3v) is 2.09. The molecule has 0 aliphatic carbocycles. The average Bonchev–Trinajstić information content (AvgIpc) is 1.90. The Labute approximate surface area is 65.4 Å². The molecule has 64 valence electrons. The van der Waals surface area contributed by atoms with Gasteiger partial charge in [0.15, 0.2) is 0 Å². The van der Waals surface area contributed by atoms with Gasteiger partial charge >= 0.3 is 5.97 Å². The van der Waals surface area contributed by atoms with E-state index >= 15 is 0 Å². The Hall–Kier alpha value is -1.06. The van der Waals surface area contributed by atoms with Gasteiger partial charge in [0.25, 0.3) is 0 Å². The molecular formula is C7H13NO3. The third kappa shape index (κ3) is 1.50. The highest BCUT2D eigenvalue weighted by atomic mass is 16.4. The van der Waals surface area contributed by atoms with Gasteiger partial charge in [0.05, 0.1) is 0 Å². The summed E-state index contributed by atoms with van der Waals surface area (Å²) in [4.78, 5) is 21.4. The van der Waals surface area contributed by atoms with E-state index in [9.17, 15) is 9.59 Å². The maximum Gasteiger partial charge on any atom is 0.319 e. The third-order valence-electron chi connectivity index (χ3n) is 2.09. The van der Waals surface area contributed by atoms with Gasteiger partial charge in [0.1, 0.15) is 5.41 Å². The highest BCUT2D eigenvalue weighted by Gasteiger charge is 2.40. The lowest BCUT2D eigenvalue weighted by Gasteiger charge is -2.21. The van der Waals surface area contributed by atoms with Crippen molar-refractivity contribution in [1.29, 1.82) is 0 Å². The van der Waals surface area contributed by atoms with Crippen LogP contribution in [0.4, 0.5) is 0 Å². The predicted molar refractivity (Wildman–Crippen MR) is 39.8 cm³/mol. The molecule has 0 bridgehead atoms. The van der Waals surface area contributed by atoms with Crippen LogP contribution in [-0.2, 0) is 9.59 Å². The number of carboxylic acids is 1. The van der Waals surface area contributed by atoms with E-state index in [0.717, 1.165) is 0 Å². The molecule has 0 heterocycles. The van der Waals surface area contributed by atoms with E-state index in [2.05, 4.69) is 0 Å². The first-order valence-electron chi connectivity index (χ1n) is 3.54. The predicted octanol–water partition coefficient (Wildman–Crippen LogP) is 0.363. The smallest absolute Gasteiger partial charge is 0.319 e. The molecule has 0 aliphatic rings. The Bertz CT molecular complexity index is 157. The lowest BCUT2D eigenvalue weighted by Crippen LogP contribution is -2.42. The number of amides is 1. The van der Waals surface area contributed by atoms with Gasteiger partial charge in [-0.25, -0.2) is 0 Å². The van der Waals surface area contributed by atoms with Crippen LogP contribution in [0.1, 0.15) is 26.7 Å². The van der Waals surface area contributed by atoms with Crippen molar-refractivity contribution in [3.63, 3.8) is 0 Å². The van der Waals surface area contributed by atoms with Crippen LogP contribution in [0.15, 0.2) is 0 Å². The molecule has 0 saturated carbocycles. The molecule has 0 aromatic heterocycles. The Morgan fingerprint density at radius 1 is 1.36 bits per heavy atom. The molecule has 1 amide bonds. The standard InChI is InChI=1S/C7H13NO3/c1-3-7(4-2,5(8)9)6(10)11/h3-4H2,1-2H3,(H2,8,9)(H,10,11). The summed E-state index contributed by atoms with van der Waals surface area (Å²) in [6, 6.07) is 0. The Morgan fingerprint density at radius 2 is 1.73 bits per heavy atom. The van der Waals surface area contributed by atoms with Crippen LogP contribution in [0.5, 0.6) is 0 Å². The van der Waals surface area contributed by atoms with E-state index in [-0.39, 0.29) is 12.8 Å². The van der Waals surface area contributed by atoms with E-state index in [4.69, 9.17) is 10.8 Å². The maximum absolute atomic E-state index is 10.8. The van der Waals surface area contributed by atoms with Crippen LogP contribution in [-0.4, -0.2) is 17.0 Å². The highest BCUT2D eigenvalue weighted by Crippen LogP contribution is 2.25. The fourth-order valence-electron chi connectivity index (χ4n) is 1.01.